The minimum absolute atomic E-state index is 0.183. The van der Waals surface area contributed by atoms with Crippen LogP contribution in [-0.2, 0) is 11.2 Å². The van der Waals surface area contributed by atoms with Crippen molar-refractivity contribution in [3.8, 4) is 0 Å². The third-order valence-electron chi connectivity index (χ3n) is 3.08. The third kappa shape index (κ3) is 3.75. The van der Waals surface area contributed by atoms with Gasteiger partial charge < -0.3 is 16.0 Å². The van der Waals surface area contributed by atoms with Gasteiger partial charge in [0.25, 0.3) is 5.78 Å². The summed E-state index contributed by atoms with van der Waals surface area (Å²) in [6, 6.07) is 12.4. The minimum atomic E-state index is -1.31. The number of amides is 1. The van der Waals surface area contributed by atoms with Crippen LogP contribution in [0.4, 0.5) is 4.79 Å². The van der Waals surface area contributed by atoms with Gasteiger partial charge in [0.2, 0.25) is 0 Å². The van der Waals surface area contributed by atoms with Gasteiger partial charge in [-0.25, -0.2) is 4.79 Å². The zero-order valence-electron chi connectivity index (χ0n) is 11.1. The Labute approximate surface area is 120 Å². The Morgan fingerprint density at radius 3 is 2.62 bits per heavy atom. The van der Waals surface area contributed by atoms with Crippen molar-refractivity contribution in [1.82, 2.24) is 5.32 Å². The molecule has 0 spiro atoms. The fourth-order valence-corrected chi connectivity index (χ4v) is 2.12. The molecular formula is C15H13N3O3. The van der Waals surface area contributed by atoms with Gasteiger partial charge in [0.1, 0.15) is 6.04 Å². The zero-order chi connectivity index (χ0) is 15.2. The number of carbonyl (C=O) groups is 2. The lowest BCUT2D eigenvalue weighted by Gasteiger charge is -2.12. The van der Waals surface area contributed by atoms with Crippen molar-refractivity contribution in [3.05, 3.63) is 53.6 Å². The zero-order valence-corrected chi connectivity index (χ0v) is 11.1. The highest BCUT2D eigenvalue weighted by molar-refractivity contribution is 6.28. The molecule has 2 aromatic rings. The van der Waals surface area contributed by atoms with Crippen LogP contribution in [0.3, 0.4) is 0 Å². The highest BCUT2D eigenvalue weighted by Gasteiger charge is 2.22. The number of carbonyl (C=O) groups excluding carboxylic acids is 1. The van der Waals surface area contributed by atoms with Crippen LogP contribution in [0.25, 0.3) is 16.3 Å². The number of hydrogen-bond acceptors (Lipinski definition) is 2. The molecule has 0 heterocycles. The van der Waals surface area contributed by atoms with Crippen LogP contribution in [0.5, 0.6) is 0 Å². The van der Waals surface area contributed by atoms with Gasteiger partial charge in [0, 0.05) is 6.42 Å². The summed E-state index contributed by atoms with van der Waals surface area (Å²) < 4.78 is 0. The first kappa shape index (κ1) is 14.4. The summed E-state index contributed by atoms with van der Waals surface area (Å²) in [7, 11) is 0. The Morgan fingerprint density at radius 2 is 1.95 bits per heavy atom. The third-order valence-corrected chi connectivity index (χ3v) is 3.08. The summed E-state index contributed by atoms with van der Waals surface area (Å²) >= 11 is 0. The summed E-state index contributed by atoms with van der Waals surface area (Å²) in [5, 5.41) is 13.0. The Hall–Kier alpha value is -2.98. The van der Waals surface area contributed by atoms with E-state index in [2.05, 4.69) is 10.1 Å². The fourth-order valence-electron chi connectivity index (χ4n) is 2.12. The van der Waals surface area contributed by atoms with E-state index >= 15 is 0 Å². The van der Waals surface area contributed by atoms with E-state index < -0.39 is 17.9 Å². The number of Topliss-reactive ketones (excluding diaryl/α,β-unsaturated/α-hetero) is 1. The van der Waals surface area contributed by atoms with E-state index in [1.54, 1.807) is 0 Å². The molecular weight excluding hydrogens is 270 g/mol. The lowest BCUT2D eigenvalue weighted by Crippen LogP contribution is -2.42. The number of nitrogens with one attached hydrogen (secondary N) is 1. The summed E-state index contributed by atoms with van der Waals surface area (Å²) in [6.07, 6.45) is -0.426. The number of benzene rings is 2. The Balaban J connectivity index is 2.26. The number of ketones is 1. The molecule has 0 aromatic heterocycles. The molecule has 2 N–H and O–H groups in total. The van der Waals surface area contributed by atoms with E-state index in [-0.39, 0.29) is 6.42 Å². The van der Waals surface area contributed by atoms with E-state index in [0.29, 0.717) is 6.21 Å². The maximum absolute atomic E-state index is 11.7. The largest absolute Gasteiger partial charge is 0.465 e. The summed E-state index contributed by atoms with van der Waals surface area (Å²) in [4.78, 5) is 25.1. The van der Waals surface area contributed by atoms with Gasteiger partial charge in [-0.15, -0.1) is 0 Å². The average molecular weight is 283 g/mol. The van der Waals surface area contributed by atoms with E-state index in [9.17, 15) is 9.59 Å². The monoisotopic (exact) mass is 283 g/mol. The van der Waals surface area contributed by atoms with Crippen LogP contribution in [0, 0.1) is 0 Å². The number of rotatable bonds is 5. The normalized spacial score (nSPS) is 11.4. The predicted molar refractivity (Wildman–Crippen MR) is 77.3 cm³/mol. The number of carboxylic acid groups (broad SMARTS) is 1. The van der Waals surface area contributed by atoms with Gasteiger partial charge in [0.15, 0.2) is 0 Å². The van der Waals surface area contributed by atoms with Crippen LogP contribution < -0.4 is 5.32 Å². The molecule has 0 saturated carbocycles. The fraction of sp³-hybridized carbons (Fsp3) is 0.133. The molecule has 0 bridgehead atoms. The van der Waals surface area contributed by atoms with Crippen LogP contribution in [-0.4, -0.2) is 34.0 Å². The van der Waals surface area contributed by atoms with E-state index in [4.69, 9.17) is 10.6 Å². The molecule has 0 radical (unpaired) electrons. The average Bonchev–Trinajstić information content (AvgIpc) is 2.46. The molecule has 0 fully saturated rings. The van der Waals surface area contributed by atoms with E-state index in [0.717, 1.165) is 16.3 Å². The van der Waals surface area contributed by atoms with Gasteiger partial charge in [-0.1, -0.05) is 42.5 Å². The Kier molecular flexibility index (Phi) is 4.43. The second-order valence-corrected chi connectivity index (χ2v) is 4.53. The van der Waals surface area contributed by atoms with Gasteiger partial charge >= 0.3 is 12.3 Å². The van der Waals surface area contributed by atoms with Crippen LogP contribution in [0.2, 0.25) is 0 Å². The van der Waals surface area contributed by atoms with E-state index in [1.807, 2.05) is 42.5 Å². The number of hydrogen-bond donors (Lipinski definition) is 2. The van der Waals surface area contributed by atoms with Crippen molar-refractivity contribution < 1.29 is 19.5 Å². The maximum atomic E-state index is 11.7. The standard InChI is InChI=1S/C15H13N3O3/c16-17-9-14(19)13(18-15(20)21)8-10-5-6-11-3-1-2-4-12(11)7-10/h1-7,9,13,18H,8H2,(H,20,21)/t13-/m0/s1. The molecule has 6 nitrogen and oxygen atoms in total. The molecule has 1 atom stereocenters. The maximum Gasteiger partial charge on any atom is 0.405 e. The predicted octanol–water partition coefficient (Wildman–Crippen LogP) is 1.89. The summed E-state index contributed by atoms with van der Waals surface area (Å²) in [5.41, 5.74) is 9.21. The quantitative estimate of drug-likeness (QED) is 0.497. The molecule has 2 rings (SSSR count). The molecule has 0 saturated heterocycles. The molecule has 106 valence electrons. The van der Waals surface area contributed by atoms with Crippen molar-refractivity contribution >= 4 is 28.9 Å². The topological polar surface area (TPSA) is 103 Å². The second kappa shape index (κ2) is 6.45. The molecule has 21 heavy (non-hydrogen) atoms. The second-order valence-electron chi connectivity index (χ2n) is 4.53. The number of nitrogens with zero attached hydrogens (tertiary/aromatic N) is 2. The van der Waals surface area contributed by atoms with E-state index in [1.165, 1.54) is 0 Å². The van der Waals surface area contributed by atoms with Gasteiger partial charge in [-0.05, 0) is 16.3 Å². The van der Waals surface area contributed by atoms with Crippen LogP contribution >= 0.6 is 0 Å². The van der Waals surface area contributed by atoms with Crippen molar-refractivity contribution in [1.29, 1.82) is 0 Å². The first-order valence-electron chi connectivity index (χ1n) is 6.28. The molecule has 0 aliphatic heterocycles. The molecule has 6 heteroatoms. The van der Waals surface area contributed by atoms with Crippen molar-refractivity contribution in [2.45, 2.75) is 12.5 Å². The molecule has 1 amide bonds. The lowest BCUT2D eigenvalue weighted by atomic mass is 10.00. The molecule has 2 aromatic carbocycles. The highest BCUT2D eigenvalue weighted by atomic mass is 16.4. The molecule has 0 aliphatic rings. The molecule has 0 unspecified atom stereocenters. The number of fused-ring (bicyclic) bond motifs is 1. The van der Waals surface area contributed by atoms with Crippen molar-refractivity contribution in [2.24, 2.45) is 0 Å². The van der Waals surface area contributed by atoms with Gasteiger partial charge in [-0.3, -0.25) is 4.79 Å². The first-order valence-corrected chi connectivity index (χ1v) is 6.28. The first-order chi connectivity index (χ1) is 10.1. The van der Waals surface area contributed by atoms with Crippen LogP contribution in [0.1, 0.15) is 5.56 Å². The smallest absolute Gasteiger partial charge is 0.405 e. The Bertz CT molecular complexity index is 736. The van der Waals surface area contributed by atoms with Crippen LogP contribution in [0.15, 0.2) is 42.5 Å². The highest BCUT2D eigenvalue weighted by Crippen LogP contribution is 2.16. The summed E-state index contributed by atoms with van der Waals surface area (Å²) in [5.74, 6) is -0.604. The van der Waals surface area contributed by atoms with Gasteiger partial charge in [-0.2, -0.15) is 4.79 Å². The van der Waals surface area contributed by atoms with Gasteiger partial charge in [0.05, 0.1) is 0 Å². The minimum Gasteiger partial charge on any atom is -0.465 e. The lowest BCUT2D eigenvalue weighted by molar-refractivity contribution is -0.117. The summed E-state index contributed by atoms with van der Waals surface area (Å²) in [6.45, 7) is 0. The van der Waals surface area contributed by atoms with Crippen molar-refractivity contribution in [2.75, 3.05) is 0 Å². The van der Waals surface area contributed by atoms with Crippen molar-refractivity contribution in [3.63, 3.8) is 0 Å². The SMILES string of the molecule is [N-]=[N+]=CC(=O)[C@H](Cc1ccc2ccccc2c1)NC(=O)O. The Morgan fingerprint density at radius 1 is 1.24 bits per heavy atom. The molecule has 0 aliphatic carbocycles.